The Balaban J connectivity index is 1.90. The molecule has 3 rings (SSSR count). The van der Waals surface area contributed by atoms with Gasteiger partial charge in [-0.3, -0.25) is 4.79 Å². The Morgan fingerprint density at radius 2 is 1.49 bits per heavy atom. The molecule has 1 aromatic heterocycles. The van der Waals surface area contributed by atoms with Gasteiger partial charge in [0.15, 0.2) is 5.82 Å². The van der Waals surface area contributed by atoms with Crippen LogP contribution in [0.15, 0.2) is 59.8 Å². The summed E-state index contributed by atoms with van der Waals surface area (Å²) in [6, 6.07) is 12.4. The Kier molecular flexibility index (Phi) is 8.40. The third-order valence-corrected chi connectivity index (χ3v) is 7.09. The van der Waals surface area contributed by atoms with Crippen LogP contribution in [0.4, 0.5) is 0 Å². The van der Waals surface area contributed by atoms with Gasteiger partial charge in [-0.2, -0.15) is 0 Å². The SMILES string of the molecule is CC(C)c1cc(-c2ncccn2)cc(C(C)C)c1CC(=O)NS(=O)(=O)c1ccc(CN(C)C)cc1. The van der Waals surface area contributed by atoms with E-state index in [1.807, 2.05) is 31.1 Å². The molecule has 0 fully saturated rings. The molecule has 1 amide bonds. The molecule has 0 spiro atoms. The quantitative estimate of drug-likeness (QED) is 0.471. The first-order chi connectivity index (χ1) is 16.5. The normalized spacial score (nSPS) is 11.9. The minimum absolute atomic E-state index is 0.0328. The van der Waals surface area contributed by atoms with Gasteiger partial charge in [-0.15, -0.1) is 0 Å². The van der Waals surface area contributed by atoms with E-state index in [9.17, 15) is 13.2 Å². The maximum atomic E-state index is 13.0. The number of sulfonamides is 1. The first-order valence-corrected chi connectivity index (χ1v) is 13.2. The maximum absolute atomic E-state index is 13.0. The molecule has 186 valence electrons. The molecular weight excluding hydrogens is 460 g/mol. The van der Waals surface area contributed by atoms with Crippen molar-refractivity contribution in [3.63, 3.8) is 0 Å². The lowest BCUT2D eigenvalue weighted by atomic mass is 9.85. The summed E-state index contributed by atoms with van der Waals surface area (Å²) < 4.78 is 28.0. The van der Waals surface area contributed by atoms with E-state index in [0.717, 1.165) is 27.8 Å². The first-order valence-electron chi connectivity index (χ1n) is 11.7. The molecule has 7 nitrogen and oxygen atoms in total. The van der Waals surface area contributed by atoms with Crippen LogP contribution in [0.3, 0.4) is 0 Å². The molecule has 0 saturated heterocycles. The second-order valence-electron chi connectivity index (χ2n) is 9.60. The second kappa shape index (κ2) is 11.1. The van der Waals surface area contributed by atoms with Gasteiger partial charge in [-0.1, -0.05) is 39.8 Å². The van der Waals surface area contributed by atoms with Crippen LogP contribution in [0.25, 0.3) is 11.4 Å². The zero-order chi connectivity index (χ0) is 25.8. The summed E-state index contributed by atoms with van der Waals surface area (Å²) in [4.78, 5) is 23.8. The Morgan fingerprint density at radius 1 is 0.943 bits per heavy atom. The predicted molar refractivity (Wildman–Crippen MR) is 139 cm³/mol. The Hall–Kier alpha value is -3.10. The van der Waals surface area contributed by atoms with Crippen LogP contribution in [0.5, 0.6) is 0 Å². The number of aromatic nitrogens is 2. The lowest BCUT2D eigenvalue weighted by Gasteiger charge is -2.21. The van der Waals surface area contributed by atoms with Crippen LogP contribution < -0.4 is 4.72 Å². The molecule has 0 unspecified atom stereocenters. The number of hydrogen-bond acceptors (Lipinski definition) is 6. The number of nitrogens with one attached hydrogen (secondary N) is 1. The highest BCUT2D eigenvalue weighted by Gasteiger charge is 2.23. The molecular formula is C27H34N4O3S. The number of carbonyl (C=O) groups excluding carboxylic acids is 1. The summed E-state index contributed by atoms with van der Waals surface area (Å²) >= 11 is 0. The highest BCUT2D eigenvalue weighted by molar-refractivity contribution is 7.90. The van der Waals surface area contributed by atoms with Crippen molar-refractivity contribution in [3.8, 4) is 11.4 Å². The predicted octanol–water partition coefficient (Wildman–Crippen LogP) is 4.50. The van der Waals surface area contributed by atoms with E-state index in [0.29, 0.717) is 12.4 Å². The molecule has 3 aromatic rings. The summed E-state index contributed by atoms with van der Waals surface area (Å²) in [6.07, 6.45) is 3.37. The monoisotopic (exact) mass is 494 g/mol. The number of benzene rings is 2. The van der Waals surface area contributed by atoms with Gasteiger partial charge in [0, 0.05) is 24.5 Å². The van der Waals surface area contributed by atoms with Crippen molar-refractivity contribution in [2.24, 2.45) is 0 Å². The van der Waals surface area contributed by atoms with Crippen LogP contribution in [-0.2, 0) is 27.8 Å². The molecule has 0 bridgehead atoms. The summed E-state index contributed by atoms with van der Waals surface area (Å²) in [5.41, 5.74) is 4.70. The molecule has 1 heterocycles. The number of rotatable bonds is 9. The maximum Gasteiger partial charge on any atom is 0.264 e. The van der Waals surface area contributed by atoms with Gasteiger partial charge in [-0.05, 0) is 78.5 Å². The van der Waals surface area contributed by atoms with Gasteiger partial charge in [0.25, 0.3) is 10.0 Å². The molecule has 0 aliphatic carbocycles. The van der Waals surface area contributed by atoms with Crippen molar-refractivity contribution in [2.75, 3.05) is 14.1 Å². The van der Waals surface area contributed by atoms with E-state index >= 15 is 0 Å². The van der Waals surface area contributed by atoms with Crippen molar-refractivity contribution < 1.29 is 13.2 Å². The minimum Gasteiger partial charge on any atom is -0.305 e. The second-order valence-corrected chi connectivity index (χ2v) is 11.3. The van der Waals surface area contributed by atoms with E-state index in [1.165, 1.54) is 12.1 Å². The van der Waals surface area contributed by atoms with Crippen LogP contribution in [0, 0.1) is 0 Å². The Bertz CT molecular complexity index is 1240. The summed E-state index contributed by atoms with van der Waals surface area (Å²) in [7, 11) is -0.0842. The van der Waals surface area contributed by atoms with E-state index in [1.54, 1.807) is 30.6 Å². The molecule has 2 aromatic carbocycles. The number of amides is 1. The molecule has 0 saturated carbocycles. The van der Waals surface area contributed by atoms with Crippen LogP contribution in [-0.4, -0.2) is 43.3 Å². The first kappa shape index (κ1) is 26.5. The summed E-state index contributed by atoms with van der Waals surface area (Å²) in [5, 5.41) is 0. The minimum atomic E-state index is -3.98. The fraction of sp³-hybridized carbons (Fsp3) is 0.370. The topological polar surface area (TPSA) is 92.3 Å². The summed E-state index contributed by atoms with van der Waals surface area (Å²) in [6.45, 7) is 8.93. The van der Waals surface area contributed by atoms with Crippen molar-refractivity contribution in [2.45, 2.75) is 57.4 Å². The molecule has 0 aliphatic rings. The van der Waals surface area contributed by atoms with Gasteiger partial charge in [-0.25, -0.2) is 23.1 Å². The molecule has 8 heteroatoms. The van der Waals surface area contributed by atoms with E-state index in [-0.39, 0.29) is 23.2 Å². The zero-order valence-corrected chi connectivity index (χ0v) is 22.1. The van der Waals surface area contributed by atoms with Crippen molar-refractivity contribution in [1.29, 1.82) is 0 Å². The van der Waals surface area contributed by atoms with Gasteiger partial charge >= 0.3 is 0 Å². The molecule has 0 radical (unpaired) electrons. The summed E-state index contributed by atoms with van der Waals surface area (Å²) in [5.74, 6) is 0.307. The van der Waals surface area contributed by atoms with E-state index < -0.39 is 15.9 Å². The highest BCUT2D eigenvalue weighted by atomic mass is 32.2. The van der Waals surface area contributed by atoms with Gasteiger partial charge < -0.3 is 4.90 Å². The molecule has 1 N–H and O–H groups in total. The third-order valence-electron chi connectivity index (χ3n) is 5.70. The average Bonchev–Trinajstić information content (AvgIpc) is 2.79. The van der Waals surface area contributed by atoms with Crippen LogP contribution in [0.2, 0.25) is 0 Å². The van der Waals surface area contributed by atoms with Crippen molar-refractivity contribution >= 4 is 15.9 Å². The van der Waals surface area contributed by atoms with Crippen molar-refractivity contribution in [3.05, 3.63) is 77.1 Å². The van der Waals surface area contributed by atoms with Gasteiger partial charge in [0.1, 0.15) is 0 Å². The van der Waals surface area contributed by atoms with Crippen LogP contribution >= 0.6 is 0 Å². The van der Waals surface area contributed by atoms with Gasteiger partial charge in [0.2, 0.25) is 5.91 Å². The smallest absolute Gasteiger partial charge is 0.264 e. The molecule has 35 heavy (non-hydrogen) atoms. The molecule has 0 atom stereocenters. The fourth-order valence-corrected chi connectivity index (χ4v) is 5.06. The zero-order valence-electron chi connectivity index (χ0n) is 21.2. The number of carbonyl (C=O) groups is 1. The standard InChI is InChI=1S/C27H34N4O3S/c1-18(2)23-14-21(27-28-12-7-13-29-27)15-24(19(3)4)25(23)16-26(32)30-35(33,34)22-10-8-20(9-11-22)17-31(5)6/h7-15,18-19H,16-17H2,1-6H3,(H,30,32). The van der Waals surface area contributed by atoms with E-state index in [4.69, 9.17) is 0 Å². The van der Waals surface area contributed by atoms with Gasteiger partial charge in [0.05, 0.1) is 11.3 Å². The number of nitrogens with zero attached hydrogens (tertiary/aromatic N) is 3. The van der Waals surface area contributed by atoms with E-state index in [2.05, 4.69) is 42.4 Å². The largest absolute Gasteiger partial charge is 0.305 e. The third kappa shape index (κ3) is 6.74. The van der Waals surface area contributed by atoms with Crippen LogP contribution in [0.1, 0.15) is 61.8 Å². The lowest BCUT2D eigenvalue weighted by molar-refractivity contribution is -0.118. The lowest BCUT2D eigenvalue weighted by Crippen LogP contribution is -2.32. The number of hydrogen-bond donors (Lipinski definition) is 1. The Labute approximate surface area is 208 Å². The molecule has 0 aliphatic heterocycles. The van der Waals surface area contributed by atoms with Crippen molar-refractivity contribution in [1.82, 2.24) is 19.6 Å². The highest BCUT2D eigenvalue weighted by Crippen LogP contribution is 2.33. The fourth-order valence-electron chi connectivity index (χ4n) is 4.07. The Morgan fingerprint density at radius 3 is 1.97 bits per heavy atom. The average molecular weight is 495 g/mol.